The lowest BCUT2D eigenvalue weighted by Crippen LogP contribution is -2.27. The van der Waals surface area contributed by atoms with E-state index in [1.54, 1.807) is 19.4 Å². The molecular formula is C18H19N3O3. The zero-order valence-electron chi connectivity index (χ0n) is 13.4. The molecule has 0 saturated carbocycles. The monoisotopic (exact) mass is 325 g/mol. The molecule has 6 nitrogen and oxygen atoms in total. The highest BCUT2D eigenvalue weighted by atomic mass is 16.5. The second-order valence-electron chi connectivity index (χ2n) is 4.98. The first kappa shape index (κ1) is 17.2. The lowest BCUT2D eigenvalue weighted by atomic mass is 10.1. The van der Waals surface area contributed by atoms with Crippen LogP contribution in [0.2, 0.25) is 0 Å². The molecule has 0 saturated heterocycles. The zero-order chi connectivity index (χ0) is 17.2. The van der Waals surface area contributed by atoms with E-state index < -0.39 is 5.91 Å². The smallest absolute Gasteiger partial charge is 0.263 e. The third-order valence-electron chi connectivity index (χ3n) is 3.33. The number of amides is 1. The van der Waals surface area contributed by atoms with E-state index in [1.807, 2.05) is 36.4 Å². The van der Waals surface area contributed by atoms with Gasteiger partial charge >= 0.3 is 0 Å². The summed E-state index contributed by atoms with van der Waals surface area (Å²) in [6, 6.07) is 13.1. The fourth-order valence-electron chi connectivity index (χ4n) is 2.02. The normalized spacial score (nSPS) is 10.8. The van der Waals surface area contributed by atoms with E-state index in [0.717, 1.165) is 17.1 Å². The Morgan fingerprint density at radius 3 is 2.75 bits per heavy atom. The van der Waals surface area contributed by atoms with Crippen LogP contribution in [0.15, 0.2) is 58.9 Å². The highest BCUT2D eigenvalue weighted by Crippen LogP contribution is 2.11. The second kappa shape index (κ2) is 9.06. The van der Waals surface area contributed by atoms with Crippen LogP contribution in [-0.4, -0.2) is 19.6 Å². The number of rotatable bonds is 8. The Bertz CT molecular complexity index is 713. The Balaban J connectivity index is 1.77. The Labute approximate surface area is 140 Å². The molecule has 124 valence electrons. The number of nitriles is 1. The number of furan rings is 1. The summed E-state index contributed by atoms with van der Waals surface area (Å²) in [4.78, 5) is 12.0. The van der Waals surface area contributed by atoms with Gasteiger partial charge in [-0.05, 0) is 36.2 Å². The van der Waals surface area contributed by atoms with Crippen LogP contribution in [0.4, 0.5) is 0 Å². The topological polar surface area (TPSA) is 87.3 Å². The number of hydrogen-bond donors (Lipinski definition) is 2. The minimum absolute atomic E-state index is 0.0243. The zero-order valence-corrected chi connectivity index (χ0v) is 13.4. The van der Waals surface area contributed by atoms with Gasteiger partial charge in [0.1, 0.15) is 23.2 Å². The minimum atomic E-state index is -0.405. The van der Waals surface area contributed by atoms with E-state index in [-0.39, 0.29) is 5.57 Å². The molecule has 0 radical (unpaired) electrons. The molecule has 2 aromatic rings. The van der Waals surface area contributed by atoms with E-state index in [9.17, 15) is 4.79 Å². The quantitative estimate of drug-likeness (QED) is 0.573. The summed E-state index contributed by atoms with van der Waals surface area (Å²) in [5.74, 6) is 1.11. The van der Waals surface area contributed by atoms with Gasteiger partial charge in [0.15, 0.2) is 0 Å². The van der Waals surface area contributed by atoms with Crippen molar-refractivity contribution in [2.24, 2.45) is 0 Å². The van der Waals surface area contributed by atoms with E-state index in [1.165, 1.54) is 6.20 Å². The second-order valence-corrected chi connectivity index (χ2v) is 4.98. The van der Waals surface area contributed by atoms with Crippen LogP contribution in [0.25, 0.3) is 0 Å². The highest BCUT2D eigenvalue weighted by Gasteiger charge is 2.08. The average molecular weight is 325 g/mol. The first-order valence-corrected chi connectivity index (χ1v) is 7.50. The maximum atomic E-state index is 12.0. The summed E-state index contributed by atoms with van der Waals surface area (Å²) >= 11 is 0. The van der Waals surface area contributed by atoms with Crippen molar-refractivity contribution in [2.45, 2.75) is 13.0 Å². The number of hydrogen-bond acceptors (Lipinski definition) is 5. The number of carbonyl (C=O) groups excluding carboxylic acids is 1. The van der Waals surface area contributed by atoms with Gasteiger partial charge in [-0.2, -0.15) is 5.26 Å². The van der Waals surface area contributed by atoms with E-state index >= 15 is 0 Å². The summed E-state index contributed by atoms with van der Waals surface area (Å²) < 4.78 is 10.3. The maximum Gasteiger partial charge on any atom is 0.263 e. The summed E-state index contributed by atoms with van der Waals surface area (Å²) in [6.07, 6.45) is 3.64. The van der Waals surface area contributed by atoms with Crippen LogP contribution in [0.3, 0.4) is 0 Å². The summed E-state index contributed by atoms with van der Waals surface area (Å²) in [5, 5.41) is 14.7. The molecule has 0 aliphatic carbocycles. The average Bonchev–Trinajstić information content (AvgIpc) is 3.12. The minimum Gasteiger partial charge on any atom is -0.497 e. The Morgan fingerprint density at radius 1 is 1.33 bits per heavy atom. The van der Waals surface area contributed by atoms with E-state index in [0.29, 0.717) is 19.5 Å². The molecule has 0 spiro atoms. The van der Waals surface area contributed by atoms with E-state index in [2.05, 4.69) is 10.6 Å². The standard InChI is InChI=1S/C18H19N3O3/c1-23-16-6-4-14(5-7-16)8-9-21-18(22)15(11-19)12-20-13-17-3-2-10-24-17/h2-7,10,12,20H,8-9,13H2,1H3,(H,21,22)/b15-12-. The molecule has 1 aromatic heterocycles. The Morgan fingerprint density at radius 2 is 2.12 bits per heavy atom. The van der Waals surface area contributed by atoms with Crippen LogP contribution in [0.1, 0.15) is 11.3 Å². The number of nitrogens with one attached hydrogen (secondary N) is 2. The Hall–Kier alpha value is -3.20. The molecule has 1 heterocycles. The first-order chi connectivity index (χ1) is 11.7. The van der Waals surface area contributed by atoms with Crippen molar-refractivity contribution in [3.8, 4) is 11.8 Å². The summed E-state index contributed by atoms with van der Waals surface area (Å²) in [7, 11) is 1.62. The summed E-state index contributed by atoms with van der Waals surface area (Å²) in [5.41, 5.74) is 1.10. The van der Waals surface area contributed by atoms with Crippen molar-refractivity contribution in [3.05, 3.63) is 65.8 Å². The number of ether oxygens (including phenoxy) is 1. The first-order valence-electron chi connectivity index (χ1n) is 7.50. The molecule has 24 heavy (non-hydrogen) atoms. The lowest BCUT2D eigenvalue weighted by Gasteiger charge is -2.06. The maximum absolute atomic E-state index is 12.0. The van der Waals surface area contributed by atoms with Crippen molar-refractivity contribution in [1.82, 2.24) is 10.6 Å². The molecule has 0 unspecified atom stereocenters. The largest absolute Gasteiger partial charge is 0.497 e. The van der Waals surface area contributed by atoms with Gasteiger partial charge in [-0.3, -0.25) is 4.79 Å². The van der Waals surface area contributed by atoms with Gasteiger partial charge in [0.25, 0.3) is 5.91 Å². The number of carbonyl (C=O) groups is 1. The molecule has 0 aliphatic heterocycles. The molecule has 0 atom stereocenters. The van der Waals surface area contributed by atoms with Crippen molar-refractivity contribution < 1.29 is 13.9 Å². The molecule has 0 fully saturated rings. The van der Waals surface area contributed by atoms with E-state index in [4.69, 9.17) is 14.4 Å². The Kier molecular flexibility index (Phi) is 6.47. The van der Waals surface area contributed by atoms with Gasteiger partial charge in [0, 0.05) is 12.7 Å². The van der Waals surface area contributed by atoms with Gasteiger partial charge in [-0.15, -0.1) is 0 Å². The fraction of sp³-hybridized carbons (Fsp3) is 0.222. The van der Waals surface area contributed by atoms with Crippen molar-refractivity contribution in [3.63, 3.8) is 0 Å². The van der Waals surface area contributed by atoms with Gasteiger partial charge < -0.3 is 19.8 Å². The fourth-order valence-corrected chi connectivity index (χ4v) is 2.02. The van der Waals surface area contributed by atoms with Gasteiger partial charge in [0.05, 0.1) is 19.9 Å². The molecular weight excluding hydrogens is 306 g/mol. The molecule has 2 N–H and O–H groups in total. The van der Waals surface area contributed by atoms with Gasteiger partial charge in [-0.1, -0.05) is 12.1 Å². The van der Waals surface area contributed by atoms with Crippen LogP contribution in [0.5, 0.6) is 5.75 Å². The number of nitrogens with zero attached hydrogens (tertiary/aromatic N) is 1. The SMILES string of the molecule is COc1ccc(CCNC(=O)/C(C#N)=C\NCc2ccco2)cc1. The molecule has 0 aliphatic rings. The molecule has 0 bridgehead atoms. The summed E-state index contributed by atoms with van der Waals surface area (Å²) in [6.45, 7) is 0.861. The van der Waals surface area contributed by atoms with Gasteiger partial charge in [-0.25, -0.2) is 0 Å². The van der Waals surface area contributed by atoms with Crippen LogP contribution < -0.4 is 15.4 Å². The number of benzene rings is 1. The van der Waals surface area contributed by atoms with Crippen LogP contribution in [0, 0.1) is 11.3 Å². The highest BCUT2D eigenvalue weighted by molar-refractivity contribution is 5.97. The number of methoxy groups -OCH3 is 1. The third kappa shape index (κ3) is 5.21. The van der Waals surface area contributed by atoms with Crippen molar-refractivity contribution >= 4 is 5.91 Å². The van der Waals surface area contributed by atoms with Crippen LogP contribution >= 0.6 is 0 Å². The van der Waals surface area contributed by atoms with Crippen LogP contribution in [-0.2, 0) is 17.8 Å². The van der Waals surface area contributed by atoms with Gasteiger partial charge in [0.2, 0.25) is 0 Å². The predicted molar refractivity (Wildman–Crippen MR) is 89.0 cm³/mol. The molecule has 2 rings (SSSR count). The molecule has 1 amide bonds. The predicted octanol–water partition coefficient (Wildman–Crippen LogP) is 2.14. The van der Waals surface area contributed by atoms with Crippen molar-refractivity contribution in [1.29, 1.82) is 5.26 Å². The van der Waals surface area contributed by atoms with Crippen molar-refractivity contribution in [2.75, 3.05) is 13.7 Å². The lowest BCUT2D eigenvalue weighted by molar-refractivity contribution is -0.117. The molecule has 1 aromatic carbocycles. The molecule has 6 heteroatoms. The third-order valence-corrected chi connectivity index (χ3v) is 3.33.